The van der Waals surface area contributed by atoms with Crippen LogP contribution in [-0.2, 0) is 12.7 Å². The van der Waals surface area contributed by atoms with Crippen LogP contribution in [0, 0.1) is 0 Å². The molecule has 3 aromatic rings. The number of fused-ring (bicyclic) bond motifs is 1. The van der Waals surface area contributed by atoms with Crippen LogP contribution in [0.25, 0.3) is 10.9 Å². The molecule has 32 heavy (non-hydrogen) atoms. The number of halogens is 3. The van der Waals surface area contributed by atoms with Crippen LogP contribution >= 0.6 is 0 Å². The summed E-state index contributed by atoms with van der Waals surface area (Å²) in [5, 5.41) is 24.2. The summed E-state index contributed by atoms with van der Waals surface area (Å²) in [6.07, 6.45) is -4.45. The number of aliphatic hydroxyl groups is 1. The van der Waals surface area contributed by atoms with E-state index in [9.17, 15) is 28.2 Å². The number of benzene rings is 2. The van der Waals surface area contributed by atoms with E-state index < -0.39 is 17.8 Å². The van der Waals surface area contributed by atoms with Crippen molar-refractivity contribution in [2.24, 2.45) is 0 Å². The minimum atomic E-state index is -4.35. The van der Waals surface area contributed by atoms with Crippen molar-refractivity contribution in [1.29, 1.82) is 0 Å². The van der Waals surface area contributed by atoms with Crippen LogP contribution in [0.4, 0.5) is 13.2 Å². The summed E-state index contributed by atoms with van der Waals surface area (Å²) in [5.74, 6) is -0.0644. The van der Waals surface area contributed by atoms with Gasteiger partial charge in [0.1, 0.15) is 5.75 Å². The van der Waals surface area contributed by atoms with E-state index in [1.165, 1.54) is 24.3 Å². The molecule has 0 saturated heterocycles. The minimum Gasteiger partial charge on any atom is -0.506 e. The minimum absolute atomic E-state index is 0.0644. The van der Waals surface area contributed by atoms with Gasteiger partial charge < -0.3 is 25.4 Å². The Morgan fingerprint density at radius 3 is 2.69 bits per heavy atom. The molecule has 0 radical (unpaired) electrons. The number of pyridine rings is 1. The molecule has 1 atom stereocenters. The predicted octanol–water partition coefficient (Wildman–Crippen LogP) is 3.40. The van der Waals surface area contributed by atoms with Crippen molar-refractivity contribution < 1.29 is 23.4 Å². The molecule has 0 aliphatic heterocycles. The van der Waals surface area contributed by atoms with E-state index in [1.54, 1.807) is 18.2 Å². The van der Waals surface area contributed by atoms with Crippen molar-refractivity contribution in [2.75, 3.05) is 26.7 Å². The maximum absolute atomic E-state index is 12.8. The Morgan fingerprint density at radius 2 is 1.94 bits per heavy atom. The van der Waals surface area contributed by atoms with Crippen molar-refractivity contribution in [3.63, 3.8) is 0 Å². The second-order valence-corrected chi connectivity index (χ2v) is 7.79. The number of aliphatic hydroxyl groups excluding tert-OH is 1. The smallest absolute Gasteiger partial charge is 0.416 e. The van der Waals surface area contributed by atoms with E-state index >= 15 is 0 Å². The molecule has 172 valence electrons. The van der Waals surface area contributed by atoms with Crippen LogP contribution in [0.2, 0.25) is 0 Å². The van der Waals surface area contributed by atoms with E-state index in [2.05, 4.69) is 10.3 Å². The standard InChI is InChI=1S/C23H26F3N3O3/c1-29(14-15-4-2-5-16(12-15)23(24,25)26)11-3-10-27-13-20(31)17-6-8-19(30)22-18(17)7-9-21(32)28-22/h2,4-9,12,20,27,30-31H,3,10-11,13-14H2,1H3,(H,28,32). The zero-order valence-electron chi connectivity index (χ0n) is 17.6. The maximum atomic E-state index is 12.8. The SMILES string of the molecule is CN(CCCNCC(O)c1ccc(O)c2[nH]c(=O)ccc12)Cc1cccc(C(F)(F)F)c1. The topological polar surface area (TPSA) is 88.6 Å². The van der Waals surface area contributed by atoms with E-state index in [4.69, 9.17) is 0 Å². The van der Waals surface area contributed by atoms with Gasteiger partial charge in [0.2, 0.25) is 5.56 Å². The van der Waals surface area contributed by atoms with Crippen LogP contribution in [0.3, 0.4) is 0 Å². The molecule has 1 aromatic heterocycles. The molecule has 3 rings (SSSR count). The zero-order chi connectivity index (χ0) is 23.3. The Labute approximate surface area is 183 Å². The van der Waals surface area contributed by atoms with E-state index in [1.807, 2.05) is 11.9 Å². The average molecular weight is 449 g/mol. The molecule has 0 aliphatic carbocycles. The van der Waals surface area contributed by atoms with Gasteiger partial charge in [0.25, 0.3) is 0 Å². The van der Waals surface area contributed by atoms with Crippen LogP contribution in [-0.4, -0.2) is 46.8 Å². The van der Waals surface area contributed by atoms with Gasteiger partial charge in [0, 0.05) is 24.5 Å². The fraction of sp³-hybridized carbons (Fsp3) is 0.348. The van der Waals surface area contributed by atoms with Gasteiger partial charge in [0.05, 0.1) is 17.2 Å². The largest absolute Gasteiger partial charge is 0.506 e. The lowest BCUT2D eigenvalue weighted by Crippen LogP contribution is -2.27. The van der Waals surface area contributed by atoms with E-state index in [0.717, 1.165) is 12.5 Å². The number of phenolic OH excluding ortho intramolecular Hbond substituents is 1. The second-order valence-electron chi connectivity index (χ2n) is 7.79. The number of hydrogen-bond donors (Lipinski definition) is 4. The summed E-state index contributed by atoms with van der Waals surface area (Å²) < 4.78 is 38.5. The number of rotatable bonds is 9. The molecule has 0 amide bonds. The fourth-order valence-corrected chi connectivity index (χ4v) is 3.61. The summed E-state index contributed by atoms with van der Waals surface area (Å²) in [5.41, 5.74) is 0.480. The normalized spacial score (nSPS) is 13.1. The van der Waals surface area contributed by atoms with Gasteiger partial charge >= 0.3 is 6.18 Å². The first-order valence-corrected chi connectivity index (χ1v) is 10.2. The number of aromatic nitrogens is 1. The summed E-state index contributed by atoms with van der Waals surface area (Å²) in [6, 6.07) is 11.3. The first-order chi connectivity index (χ1) is 15.1. The van der Waals surface area contributed by atoms with Gasteiger partial charge in [-0.15, -0.1) is 0 Å². The number of phenols is 1. The van der Waals surface area contributed by atoms with Crippen LogP contribution in [0.5, 0.6) is 5.75 Å². The van der Waals surface area contributed by atoms with Gasteiger partial charge in [-0.05, 0) is 55.9 Å². The third kappa shape index (κ3) is 6.09. The van der Waals surface area contributed by atoms with Crippen LogP contribution in [0.1, 0.15) is 29.2 Å². The molecule has 4 N–H and O–H groups in total. The summed E-state index contributed by atoms with van der Waals surface area (Å²) >= 11 is 0. The Kier molecular flexibility index (Phi) is 7.55. The summed E-state index contributed by atoms with van der Waals surface area (Å²) in [6.45, 7) is 1.96. The zero-order valence-corrected chi connectivity index (χ0v) is 17.6. The lowest BCUT2D eigenvalue weighted by Gasteiger charge is -2.18. The van der Waals surface area contributed by atoms with Crippen molar-refractivity contribution in [3.05, 3.63) is 75.6 Å². The quantitative estimate of drug-likeness (QED) is 0.376. The highest BCUT2D eigenvalue weighted by atomic mass is 19.4. The lowest BCUT2D eigenvalue weighted by molar-refractivity contribution is -0.137. The second kappa shape index (κ2) is 10.2. The number of alkyl halides is 3. The highest BCUT2D eigenvalue weighted by molar-refractivity contribution is 5.87. The highest BCUT2D eigenvalue weighted by Gasteiger charge is 2.30. The molecule has 9 heteroatoms. The maximum Gasteiger partial charge on any atom is 0.416 e. The van der Waals surface area contributed by atoms with Crippen molar-refractivity contribution in [2.45, 2.75) is 25.2 Å². The summed E-state index contributed by atoms with van der Waals surface area (Å²) in [4.78, 5) is 16.0. The molecule has 1 unspecified atom stereocenters. The van der Waals surface area contributed by atoms with Gasteiger partial charge in [0.15, 0.2) is 0 Å². The van der Waals surface area contributed by atoms with Gasteiger partial charge in [-0.1, -0.05) is 24.3 Å². The number of nitrogens with one attached hydrogen (secondary N) is 2. The first-order valence-electron chi connectivity index (χ1n) is 10.2. The van der Waals surface area contributed by atoms with Crippen LogP contribution < -0.4 is 10.9 Å². The lowest BCUT2D eigenvalue weighted by atomic mass is 10.0. The molecule has 0 fully saturated rings. The van der Waals surface area contributed by atoms with Crippen molar-refractivity contribution in [3.8, 4) is 5.75 Å². The van der Waals surface area contributed by atoms with Gasteiger partial charge in [-0.2, -0.15) is 13.2 Å². The number of aromatic hydroxyl groups is 1. The first kappa shape index (κ1) is 23.8. The fourth-order valence-electron chi connectivity index (χ4n) is 3.61. The molecule has 0 spiro atoms. The Bertz CT molecular complexity index is 1110. The van der Waals surface area contributed by atoms with Gasteiger partial charge in [-0.25, -0.2) is 0 Å². The molecular formula is C23H26F3N3O3. The number of H-pyrrole nitrogens is 1. The molecule has 0 bridgehead atoms. The number of hydrogen-bond acceptors (Lipinski definition) is 5. The van der Waals surface area contributed by atoms with Crippen molar-refractivity contribution in [1.82, 2.24) is 15.2 Å². The Balaban J connectivity index is 1.46. The average Bonchev–Trinajstić information content (AvgIpc) is 2.73. The molecule has 0 saturated carbocycles. The number of nitrogens with zero attached hydrogens (tertiary/aromatic N) is 1. The molecule has 0 aliphatic rings. The third-order valence-corrected chi connectivity index (χ3v) is 5.20. The summed E-state index contributed by atoms with van der Waals surface area (Å²) in [7, 11) is 1.85. The molecule has 6 nitrogen and oxygen atoms in total. The Hall–Kier alpha value is -2.88. The Morgan fingerprint density at radius 1 is 1.16 bits per heavy atom. The van der Waals surface area contributed by atoms with E-state index in [-0.39, 0.29) is 23.4 Å². The van der Waals surface area contributed by atoms with E-state index in [0.29, 0.717) is 36.1 Å². The van der Waals surface area contributed by atoms with Gasteiger partial charge in [-0.3, -0.25) is 4.79 Å². The van der Waals surface area contributed by atoms with Crippen molar-refractivity contribution >= 4 is 10.9 Å². The molecule has 1 heterocycles. The monoisotopic (exact) mass is 449 g/mol. The predicted molar refractivity (Wildman–Crippen MR) is 116 cm³/mol. The third-order valence-electron chi connectivity index (χ3n) is 5.20. The highest BCUT2D eigenvalue weighted by Crippen LogP contribution is 2.30. The number of aromatic amines is 1. The molecular weight excluding hydrogens is 423 g/mol. The molecule has 2 aromatic carbocycles. The van der Waals surface area contributed by atoms with Crippen LogP contribution in [0.15, 0.2) is 53.3 Å².